The van der Waals surface area contributed by atoms with E-state index >= 15 is 0 Å². The van der Waals surface area contributed by atoms with E-state index in [2.05, 4.69) is 20.5 Å². The zero-order chi connectivity index (χ0) is 39.4. The number of alkyl carbamates (subject to hydrolysis) is 1. The Morgan fingerprint density at radius 2 is 1.29 bits per heavy atom. The quantitative estimate of drug-likeness (QED) is 0.0407. The van der Waals surface area contributed by atoms with E-state index in [-0.39, 0.29) is 51.0 Å². The van der Waals surface area contributed by atoms with Crippen molar-refractivity contribution < 1.29 is 75.7 Å². The summed E-state index contributed by atoms with van der Waals surface area (Å²) >= 11 is 0. The minimum absolute atomic E-state index is 0.0238. The van der Waals surface area contributed by atoms with Gasteiger partial charge in [-0.05, 0) is 66.2 Å². The molecule has 3 amide bonds. The van der Waals surface area contributed by atoms with Gasteiger partial charge in [-0.1, -0.05) is 6.42 Å². The summed E-state index contributed by atoms with van der Waals surface area (Å²) in [4.78, 5) is 92.2. The molecular weight excluding hydrogens is 720 g/mol. The summed E-state index contributed by atoms with van der Waals surface area (Å²) in [6.07, 6.45) is -0.135. The molecule has 0 aromatic heterocycles. The molecule has 21 heteroatoms. The number of rotatable bonds is 24. The molecule has 0 rings (SSSR count). The van der Waals surface area contributed by atoms with Gasteiger partial charge in [0.25, 0.3) is 0 Å². The van der Waals surface area contributed by atoms with Gasteiger partial charge in [0.15, 0.2) is 0 Å². The molecule has 2 unspecified atom stereocenters. The monoisotopic (exact) mass is 775 g/mol. The topological polar surface area (TPSA) is 268 Å². The van der Waals surface area contributed by atoms with Gasteiger partial charge in [0.05, 0.1) is 33.9 Å². The Bertz CT molecular complexity index is 1250. The van der Waals surface area contributed by atoms with Crippen molar-refractivity contribution in [2.45, 2.75) is 103 Å². The summed E-state index contributed by atoms with van der Waals surface area (Å²) in [7, 11) is -3.61. The number of carbonyl (C=O) groups is 6. The standard InChI is InChI=1S/C30H55N3O16P2/c1-20(31-24(34)15-10-9-11-17-48-51(41,42)43)25(35)32-23(28(38)46-7)16-18-50(40,47-8)19-21(26(36)44-5)13-12-14-22(27(37)45-6)33-29(39)49-30(2,3)4/h20-23H,9-19H2,1-8H3,(H,31,34)(H,32,35)(H,33,39)(H2,41,42,43)/t20-,21?,22+,23+,50?/m0/s1. The predicted molar refractivity (Wildman–Crippen MR) is 182 cm³/mol. The predicted octanol–water partition coefficient (Wildman–Crippen LogP) is 2.16. The van der Waals surface area contributed by atoms with Gasteiger partial charge in [0.2, 0.25) is 19.2 Å². The van der Waals surface area contributed by atoms with Crippen molar-refractivity contribution in [2.75, 3.05) is 47.4 Å². The molecule has 0 aromatic rings. The summed E-state index contributed by atoms with van der Waals surface area (Å²) in [5.41, 5.74) is -0.815. The van der Waals surface area contributed by atoms with E-state index in [0.29, 0.717) is 19.3 Å². The summed E-state index contributed by atoms with van der Waals surface area (Å²) in [6, 6.07) is -3.44. The lowest BCUT2D eigenvalue weighted by molar-refractivity contribution is -0.146. The molecule has 0 aliphatic carbocycles. The highest BCUT2D eigenvalue weighted by Crippen LogP contribution is 2.49. The molecule has 0 heterocycles. The van der Waals surface area contributed by atoms with Crippen molar-refractivity contribution in [3.05, 3.63) is 0 Å². The van der Waals surface area contributed by atoms with Crippen LogP contribution in [0, 0.1) is 5.92 Å². The second-order valence-electron chi connectivity index (χ2n) is 12.6. The van der Waals surface area contributed by atoms with Crippen LogP contribution in [0.5, 0.6) is 0 Å². The van der Waals surface area contributed by atoms with Crippen LogP contribution in [-0.2, 0) is 61.1 Å². The van der Waals surface area contributed by atoms with Gasteiger partial charge in [-0.25, -0.2) is 18.9 Å². The second-order valence-corrected chi connectivity index (χ2v) is 16.6. The zero-order valence-electron chi connectivity index (χ0n) is 30.6. The SMILES string of the molecule is COC(=O)C(CCC[C@@H](NC(=O)OC(C)(C)C)C(=O)OC)CP(=O)(CC[C@@H](NC(=O)[C@H](C)NC(=O)CCCCCOP(=O)(O)O)C(=O)OC)OC. The fraction of sp³-hybridized carbons (Fsp3) is 0.800. The van der Waals surface area contributed by atoms with E-state index in [1.165, 1.54) is 14.0 Å². The van der Waals surface area contributed by atoms with Crippen molar-refractivity contribution in [1.82, 2.24) is 16.0 Å². The Balaban J connectivity index is 5.34. The number of amides is 3. The van der Waals surface area contributed by atoms with Crippen LogP contribution in [0.2, 0.25) is 0 Å². The van der Waals surface area contributed by atoms with E-state index < -0.39 is 80.7 Å². The maximum Gasteiger partial charge on any atom is 0.469 e. The first-order valence-corrected chi connectivity index (χ1v) is 19.8. The lowest BCUT2D eigenvalue weighted by atomic mass is 10.0. The lowest BCUT2D eigenvalue weighted by Crippen LogP contribution is -2.50. The van der Waals surface area contributed by atoms with Crippen molar-refractivity contribution in [3.8, 4) is 0 Å². The van der Waals surface area contributed by atoms with E-state index in [1.54, 1.807) is 20.8 Å². The summed E-state index contributed by atoms with van der Waals surface area (Å²) in [5, 5.41) is 7.41. The number of phosphoric ester groups is 1. The first-order chi connectivity index (χ1) is 23.6. The van der Waals surface area contributed by atoms with Gasteiger partial charge in [-0.2, -0.15) is 0 Å². The number of carbonyl (C=O) groups excluding carboxylic acids is 6. The van der Waals surface area contributed by atoms with Crippen molar-refractivity contribution >= 4 is 51.0 Å². The van der Waals surface area contributed by atoms with Gasteiger partial charge in [0, 0.05) is 25.9 Å². The highest BCUT2D eigenvalue weighted by molar-refractivity contribution is 7.59. The lowest BCUT2D eigenvalue weighted by Gasteiger charge is -2.25. The molecule has 0 radical (unpaired) electrons. The number of hydrogen-bond donors (Lipinski definition) is 5. The second kappa shape index (κ2) is 23.5. The molecule has 0 fully saturated rings. The van der Waals surface area contributed by atoms with Crippen LogP contribution in [0.4, 0.5) is 4.79 Å². The van der Waals surface area contributed by atoms with E-state index in [0.717, 1.165) is 21.3 Å². The third kappa shape index (κ3) is 21.8. The number of hydrogen-bond acceptors (Lipinski definition) is 14. The molecule has 0 saturated heterocycles. The van der Waals surface area contributed by atoms with Crippen LogP contribution in [-0.4, -0.2) is 117 Å². The van der Waals surface area contributed by atoms with Gasteiger partial charge in [-0.15, -0.1) is 0 Å². The first kappa shape index (κ1) is 47.9. The number of unbranched alkanes of at least 4 members (excludes halogenated alkanes) is 2. The average molecular weight is 776 g/mol. The largest absolute Gasteiger partial charge is 0.469 e. The maximum absolute atomic E-state index is 13.8. The van der Waals surface area contributed by atoms with Gasteiger partial charge < -0.3 is 49.2 Å². The fourth-order valence-electron chi connectivity index (χ4n) is 4.59. The number of nitrogens with one attached hydrogen (secondary N) is 3. The molecule has 0 aromatic carbocycles. The normalized spacial score (nSPS) is 15.2. The number of ether oxygens (including phenoxy) is 4. The third-order valence-electron chi connectivity index (χ3n) is 7.23. The Morgan fingerprint density at radius 1 is 0.725 bits per heavy atom. The van der Waals surface area contributed by atoms with Crippen LogP contribution in [0.1, 0.15) is 79.1 Å². The minimum Gasteiger partial charge on any atom is -0.469 e. The molecule has 51 heavy (non-hydrogen) atoms. The van der Waals surface area contributed by atoms with E-state index in [9.17, 15) is 37.9 Å². The van der Waals surface area contributed by atoms with Crippen molar-refractivity contribution in [2.24, 2.45) is 5.92 Å². The number of methoxy groups -OCH3 is 3. The maximum atomic E-state index is 13.8. The molecule has 5 N–H and O–H groups in total. The first-order valence-electron chi connectivity index (χ1n) is 16.3. The molecular formula is C30H55N3O16P2. The molecule has 5 atom stereocenters. The summed E-state index contributed by atoms with van der Waals surface area (Å²) in [5.74, 6) is -4.43. The van der Waals surface area contributed by atoms with Gasteiger partial charge >= 0.3 is 31.8 Å². The number of phosphoric acid groups is 1. The molecule has 0 bridgehead atoms. The van der Waals surface area contributed by atoms with Crippen LogP contribution in [0.25, 0.3) is 0 Å². The smallest absolute Gasteiger partial charge is 0.469 e. The van der Waals surface area contributed by atoms with E-state index in [1.807, 2.05) is 0 Å². The summed E-state index contributed by atoms with van der Waals surface area (Å²) < 4.78 is 53.8. The van der Waals surface area contributed by atoms with Crippen LogP contribution >= 0.6 is 15.2 Å². The van der Waals surface area contributed by atoms with Crippen molar-refractivity contribution in [1.29, 1.82) is 0 Å². The summed E-state index contributed by atoms with van der Waals surface area (Å²) in [6.45, 7) is 6.19. The highest BCUT2D eigenvalue weighted by atomic mass is 31.2. The van der Waals surface area contributed by atoms with Crippen molar-refractivity contribution in [3.63, 3.8) is 0 Å². The average Bonchev–Trinajstić information content (AvgIpc) is 3.04. The molecule has 0 aliphatic heterocycles. The van der Waals surface area contributed by atoms with E-state index in [4.69, 9.17) is 33.3 Å². The Kier molecular flexibility index (Phi) is 22.1. The van der Waals surface area contributed by atoms with Crippen LogP contribution < -0.4 is 16.0 Å². The highest BCUT2D eigenvalue weighted by Gasteiger charge is 2.35. The molecule has 0 spiro atoms. The van der Waals surface area contributed by atoms with Gasteiger partial charge in [-0.3, -0.25) is 23.5 Å². The Labute approximate surface area is 298 Å². The van der Waals surface area contributed by atoms with Crippen LogP contribution in [0.3, 0.4) is 0 Å². The third-order valence-corrected chi connectivity index (χ3v) is 10.3. The zero-order valence-corrected chi connectivity index (χ0v) is 32.4. The molecule has 296 valence electrons. The van der Waals surface area contributed by atoms with Crippen LogP contribution in [0.15, 0.2) is 0 Å². The van der Waals surface area contributed by atoms with Gasteiger partial charge in [0.1, 0.15) is 23.7 Å². The Hall–Kier alpha value is -3.08. The number of esters is 3. The Morgan fingerprint density at radius 3 is 1.80 bits per heavy atom. The fourth-order valence-corrected chi connectivity index (χ4v) is 7.13. The molecule has 0 aliphatic rings. The molecule has 0 saturated carbocycles. The minimum atomic E-state index is -4.56. The molecule has 19 nitrogen and oxygen atoms in total.